The molecule has 0 heterocycles. The van der Waals surface area contributed by atoms with Crippen LogP contribution in [-0.4, -0.2) is 11.8 Å². The Kier molecular flexibility index (Phi) is 1.54. The van der Waals surface area contributed by atoms with Gasteiger partial charge in [-0.15, -0.1) is 6.42 Å². The van der Waals surface area contributed by atoms with Gasteiger partial charge in [-0.3, -0.25) is 4.79 Å². The monoisotopic (exact) mass is 123 g/mol. The Hall–Kier alpha value is -0.810. The van der Waals surface area contributed by atoms with Crippen LogP contribution in [0.1, 0.15) is 12.8 Å². The summed E-state index contributed by atoms with van der Waals surface area (Å²) in [6, 6.07) is 0.215. The summed E-state index contributed by atoms with van der Waals surface area (Å²) in [5.74, 6) is 2.08. The molecule has 9 heavy (non-hydrogen) atoms. The molecule has 0 radical (unpaired) electrons. The van der Waals surface area contributed by atoms with Crippen molar-refractivity contribution in [1.29, 1.82) is 0 Å². The van der Waals surface area contributed by atoms with Gasteiger partial charge in [0, 0.05) is 12.0 Å². The molecule has 1 saturated carbocycles. The van der Waals surface area contributed by atoms with E-state index in [4.69, 9.17) is 12.2 Å². The molecule has 1 rings (SSSR count). The molecule has 0 amide bonds. The number of ketones is 1. The predicted molar refractivity (Wildman–Crippen MR) is 34.5 cm³/mol. The van der Waals surface area contributed by atoms with Gasteiger partial charge in [-0.1, -0.05) is 0 Å². The van der Waals surface area contributed by atoms with E-state index in [9.17, 15) is 4.79 Å². The smallest absolute Gasteiger partial charge is 0.208 e. The van der Waals surface area contributed by atoms with Gasteiger partial charge in [0.2, 0.25) is 5.78 Å². The van der Waals surface area contributed by atoms with Crippen molar-refractivity contribution < 1.29 is 4.79 Å². The highest BCUT2D eigenvalue weighted by Gasteiger charge is 2.30. The molecule has 1 aliphatic carbocycles. The summed E-state index contributed by atoms with van der Waals surface area (Å²) in [6.07, 6.45) is 6.45. The third-order valence-electron chi connectivity index (χ3n) is 1.69. The Labute approximate surface area is 54.4 Å². The minimum Gasteiger partial charge on any atom is -0.328 e. The van der Waals surface area contributed by atoms with Crippen LogP contribution in [0.5, 0.6) is 0 Å². The quantitative estimate of drug-likeness (QED) is 0.391. The van der Waals surface area contributed by atoms with Gasteiger partial charge in [-0.2, -0.15) is 0 Å². The maximum Gasteiger partial charge on any atom is 0.208 e. The third-order valence-corrected chi connectivity index (χ3v) is 1.69. The van der Waals surface area contributed by atoms with Crippen molar-refractivity contribution >= 4 is 5.78 Å². The van der Waals surface area contributed by atoms with E-state index >= 15 is 0 Å². The van der Waals surface area contributed by atoms with Crippen molar-refractivity contribution in [2.24, 2.45) is 11.7 Å². The standard InChI is InChI=1S/C7H9NO/c1-2-7(9)5-3-6(8)4-5/h1,5-6H,3-4,8H2. The van der Waals surface area contributed by atoms with E-state index in [2.05, 4.69) is 5.92 Å². The van der Waals surface area contributed by atoms with Crippen molar-refractivity contribution in [2.75, 3.05) is 0 Å². The average Bonchev–Trinajstić information content (AvgIpc) is 1.79. The highest BCUT2D eigenvalue weighted by atomic mass is 16.1. The number of rotatable bonds is 1. The second-order valence-corrected chi connectivity index (χ2v) is 2.44. The van der Waals surface area contributed by atoms with E-state index in [0.29, 0.717) is 0 Å². The van der Waals surface area contributed by atoms with Crippen LogP contribution in [-0.2, 0) is 4.79 Å². The number of nitrogens with two attached hydrogens (primary N) is 1. The first kappa shape index (κ1) is 6.31. The molecule has 2 N–H and O–H groups in total. The number of terminal acetylenes is 1. The number of Topliss-reactive ketones (excluding diaryl/α,β-unsaturated/α-hetero) is 1. The van der Waals surface area contributed by atoms with Gasteiger partial charge in [0.15, 0.2) is 0 Å². The molecule has 0 atom stereocenters. The first-order valence-electron chi connectivity index (χ1n) is 3.00. The van der Waals surface area contributed by atoms with Gasteiger partial charge in [0.25, 0.3) is 0 Å². The minimum atomic E-state index is -0.0864. The SMILES string of the molecule is C#CC(=O)C1CC(N)C1. The van der Waals surface area contributed by atoms with E-state index in [1.807, 2.05) is 0 Å². The summed E-state index contributed by atoms with van der Waals surface area (Å²) < 4.78 is 0. The van der Waals surface area contributed by atoms with Gasteiger partial charge >= 0.3 is 0 Å². The fraction of sp³-hybridized carbons (Fsp3) is 0.571. The lowest BCUT2D eigenvalue weighted by atomic mass is 9.78. The van der Waals surface area contributed by atoms with Crippen LogP contribution in [0, 0.1) is 18.3 Å². The van der Waals surface area contributed by atoms with Gasteiger partial charge in [0.1, 0.15) is 0 Å². The Morgan fingerprint density at radius 3 is 2.56 bits per heavy atom. The Morgan fingerprint density at radius 1 is 1.67 bits per heavy atom. The van der Waals surface area contributed by atoms with Gasteiger partial charge in [0.05, 0.1) is 0 Å². The Morgan fingerprint density at radius 2 is 2.22 bits per heavy atom. The number of hydrogen-bond acceptors (Lipinski definition) is 2. The summed E-state index contributed by atoms with van der Waals surface area (Å²) in [6.45, 7) is 0. The van der Waals surface area contributed by atoms with Crippen molar-refractivity contribution in [2.45, 2.75) is 18.9 Å². The fourth-order valence-electron chi connectivity index (χ4n) is 0.994. The molecule has 0 bridgehead atoms. The zero-order valence-electron chi connectivity index (χ0n) is 5.13. The van der Waals surface area contributed by atoms with Gasteiger partial charge in [-0.25, -0.2) is 0 Å². The van der Waals surface area contributed by atoms with Crippen molar-refractivity contribution in [3.8, 4) is 12.3 Å². The molecule has 0 aromatic carbocycles. The number of carbonyl (C=O) groups excluding carboxylic acids is 1. The molecule has 0 aliphatic heterocycles. The van der Waals surface area contributed by atoms with Crippen LogP contribution in [0.15, 0.2) is 0 Å². The second-order valence-electron chi connectivity index (χ2n) is 2.44. The molecule has 0 unspecified atom stereocenters. The molecule has 2 nitrogen and oxygen atoms in total. The molecule has 0 aromatic rings. The molecule has 0 aromatic heterocycles. The molecule has 1 fully saturated rings. The molecule has 0 spiro atoms. The van der Waals surface area contributed by atoms with E-state index < -0.39 is 0 Å². The van der Waals surface area contributed by atoms with Gasteiger partial charge in [-0.05, 0) is 18.8 Å². The van der Waals surface area contributed by atoms with Crippen molar-refractivity contribution in [3.63, 3.8) is 0 Å². The third kappa shape index (κ3) is 1.11. The second kappa shape index (κ2) is 2.20. The van der Waals surface area contributed by atoms with E-state index in [1.165, 1.54) is 0 Å². The van der Waals surface area contributed by atoms with Crippen LogP contribution < -0.4 is 5.73 Å². The lowest BCUT2D eigenvalue weighted by molar-refractivity contribution is -0.120. The summed E-state index contributed by atoms with van der Waals surface area (Å²) in [5, 5.41) is 0. The van der Waals surface area contributed by atoms with Crippen LogP contribution in [0.3, 0.4) is 0 Å². The Bertz CT molecular complexity index is 162. The number of hydrogen-bond donors (Lipinski definition) is 1. The van der Waals surface area contributed by atoms with Crippen molar-refractivity contribution in [1.82, 2.24) is 0 Å². The first-order chi connectivity index (χ1) is 4.24. The Balaban J connectivity index is 2.34. The van der Waals surface area contributed by atoms with Crippen LogP contribution in [0.25, 0.3) is 0 Å². The molecule has 1 aliphatic rings. The van der Waals surface area contributed by atoms with Crippen molar-refractivity contribution in [3.05, 3.63) is 0 Å². The molecule has 0 saturated heterocycles. The first-order valence-corrected chi connectivity index (χ1v) is 3.00. The summed E-state index contributed by atoms with van der Waals surface area (Å²) >= 11 is 0. The molecule has 48 valence electrons. The maximum absolute atomic E-state index is 10.6. The molecular weight excluding hydrogens is 114 g/mol. The fourth-order valence-corrected chi connectivity index (χ4v) is 0.994. The van der Waals surface area contributed by atoms with Crippen LogP contribution in [0.2, 0.25) is 0 Å². The predicted octanol–water partition coefficient (Wildman–Crippen LogP) is -0.0740. The largest absolute Gasteiger partial charge is 0.328 e. The normalized spacial score (nSPS) is 32.4. The molecular formula is C7H9NO. The number of carbonyl (C=O) groups is 1. The average molecular weight is 123 g/mol. The zero-order valence-corrected chi connectivity index (χ0v) is 5.13. The lowest BCUT2D eigenvalue weighted by Gasteiger charge is -2.29. The summed E-state index contributed by atoms with van der Waals surface area (Å²) in [7, 11) is 0. The van der Waals surface area contributed by atoms with Crippen LogP contribution in [0.4, 0.5) is 0 Å². The van der Waals surface area contributed by atoms with E-state index in [-0.39, 0.29) is 17.7 Å². The maximum atomic E-state index is 10.6. The summed E-state index contributed by atoms with van der Waals surface area (Å²) in [4.78, 5) is 10.6. The van der Waals surface area contributed by atoms with E-state index in [0.717, 1.165) is 12.8 Å². The highest BCUT2D eigenvalue weighted by molar-refractivity contribution is 5.97. The highest BCUT2D eigenvalue weighted by Crippen LogP contribution is 2.25. The summed E-state index contributed by atoms with van der Waals surface area (Å²) in [5.41, 5.74) is 5.44. The minimum absolute atomic E-state index is 0.0741. The zero-order chi connectivity index (χ0) is 6.85. The van der Waals surface area contributed by atoms with E-state index in [1.54, 1.807) is 0 Å². The van der Waals surface area contributed by atoms with Gasteiger partial charge < -0.3 is 5.73 Å². The topological polar surface area (TPSA) is 43.1 Å². The van der Waals surface area contributed by atoms with Crippen LogP contribution >= 0.6 is 0 Å². The molecule has 2 heteroatoms. The lowest BCUT2D eigenvalue weighted by Crippen LogP contribution is -2.39.